The first-order valence-electron chi connectivity index (χ1n) is 13.2. The smallest absolute Gasteiger partial charge is 0.408 e. The molecule has 0 bridgehead atoms. The molecule has 2 N–H and O–H groups in total. The molecule has 0 aliphatic carbocycles. The molecule has 2 aromatic heterocycles. The molecule has 0 aliphatic rings. The fourth-order valence-corrected chi connectivity index (χ4v) is 5.68. The number of sulfonamides is 1. The summed E-state index contributed by atoms with van der Waals surface area (Å²) in [6, 6.07) is 26.0. The topological polar surface area (TPSA) is 139 Å². The highest BCUT2D eigenvalue weighted by molar-refractivity contribution is 7.89. The minimum atomic E-state index is -3.93. The van der Waals surface area contributed by atoms with Crippen molar-refractivity contribution < 1.29 is 27.9 Å². The maximum Gasteiger partial charge on any atom is 0.408 e. The third kappa shape index (κ3) is 8.45. The number of pyridine rings is 2. The van der Waals surface area contributed by atoms with Gasteiger partial charge in [-0.05, 0) is 54.8 Å². The number of nitrogens with one attached hydrogen (secondary N) is 1. The van der Waals surface area contributed by atoms with Gasteiger partial charge in [-0.1, -0.05) is 60.7 Å². The van der Waals surface area contributed by atoms with E-state index in [1.165, 1.54) is 22.8 Å². The van der Waals surface area contributed by atoms with E-state index in [9.17, 15) is 18.0 Å². The highest BCUT2D eigenvalue weighted by atomic mass is 32.2. The van der Waals surface area contributed by atoms with Crippen molar-refractivity contribution in [1.82, 2.24) is 19.6 Å². The van der Waals surface area contributed by atoms with Crippen LogP contribution in [0.25, 0.3) is 11.1 Å². The SMILES string of the molecule is CC(C)(Cc1cccc(CN(Cc2ccc(-c3ccccc3)cc2)S(=O)(=O)c2cccnc2)n1)OC(=O)NCC(=O)O. The second-order valence-corrected chi connectivity index (χ2v) is 12.2. The van der Waals surface area contributed by atoms with Crippen LogP contribution in [-0.4, -0.2) is 52.0 Å². The third-order valence-electron chi connectivity index (χ3n) is 6.25. The van der Waals surface area contributed by atoms with Gasteiger partial charge in [0, 0.05) is 31.1 Å². The van der Waals surface area contributed by atoms with E-state index < -0.39 is 34.2 Å². The molecule has 42 heavy (non-hydrogen) atoms. The molecule has 0 saturated heterocycles. The largest absolute Gasteiger partial charge is 0.480 e. The van der Waals surface area contributed by atoms with Gasteiger partial charge in [0.05, 0.1) is 12.2 Å². The second-order valence-electron chi connectivity index (χ2n) is 10.2. The van der Waals surface area contributed by atoms with E-state index in [-0.39, 0.29) is 24.4 Å². The molecule has 1 amide bonds. The molecule has 0 atom stereocenters. The normalized spacial score (nSPS) is 11.7. The lowest BCUT2D eigenvalue weighted by Crippen LogP contribution is -2.38. The zero-order valence-electron chi connectivity index (χ0n) is 23.3. The minimum absolute atomic E-state index is 0.00805. The molecular formula is C31H32N4O6S. The molecule has 0 fully saturated rings. The molecule has 0 saturated carbocycles. The number of aromatic nitrogens is 2. The van der Waals surface area contributed by atoms with Crippen LogP contribution < -0.4 is 5.32 Å². The lowest BCUT2D eigenvalue weighted by molar-refractivity contribution is -0.136. The van der Waals surface area contributed by atoms with Gasteiger partial charge in [-0.25, -0.2) is 13.2 Å². The Hall–Kier alpha value is -4.61. The van der Waals surface area contributed by atoms with Crippen molar-refractivity contribution >= 4 is 22.1 Å². The summed E-state index contributed by atoms with van der Waals surface area (Å²) in [5.41, 5.74) is 2.98. The van der Waals surface area contributed by atoms with Gasteiger partial charge in [-0.2, -0.15) is 4.31 Å². The van der Waals surface area contributed by atoms with Crippen LogP contribution in [0.2, 0.25) is 0 Å². The number of carbonyl (C=O) groups is 2. The molecule has 10 nitrogen and oxygen atoms in total. The zero-order valence-corrected chi connectivity index (χ0v) is 24.1. The van der Waals surface area contributed by atoms with E-state index in [1.807, 2.05) is 54.6 Å². The van der Waals surface area contributed by atoms with Crippen LogP contribution in [0.4, 0.5) is 4.79 Å². The quantitative estimate of drug-likeness (QED) is 0.244. The van der Waals surface area contributed by atoms with Crippen molar-refractivity contribution in [3.8, 4) is 11.1 Å². The van der Waals surface area contributed by atoms with Crippen molar-refractivity contribution in [3.05, 3.63) is 114 Å². The molecule has 2 aromatic carbocycles. The summed E-state index contributed by atoms with van der Waals surface area (Å²) in [7, 11) is -3.93. The zero-order chi connectivity index (χ0) is 30.2. The monoisotopic (exact) mass is 588 g/mol. The molecule has 4 aromatic rings. The third-order valence-corrected chi connectivity index (χ3v) is 8.03. The number of amides is 1. The fourth-order valence-electron chi connectivity index (χ4n) is 4.31. The number of nitrogens with zero attached hydrogens (tertiary/aromatic N) is 3. The van der Waals surface area contributed by atoms with Crippen LogP contribution >= 0.6 is 0 Å². The van der Waals surface area contributed by atoms with Crippen molar-refractivity contribution in [2.75, 3.05) is 6.54 Å². The second kappa shape index (κ2) is 13.4. The molecule has 0 radical (unpaired) electrons. The van der Waals surface area contributed by atoms with Crippen molar-refractivity contribution in [2.24, 2.45) is 0 Å². The number of ether oxygens (including phenoxy) is 1. The van der Waals surface area contributed by atoms with Crippen molar-refractivity contribution in [3.63, 3.8) is 0 Å². The Morgan fingerprint density at radius 1 is 0.881 bits per heavy atom. The van der Waals surface area contributed by atoms with E-state index in [2.05, 4.69) is 15.3 Å². The number of rotatable bonds is 12. The van der Waals surface area contributed by atoms with E-state index in [0.29, 0.717) is 11.4 Å². The Morgan fingerprint density at radius 2 is 1.57 bits per heavy atom. The summed E-state index contributed by atoms with van der Waals surface area (Å²) in [6.45, 7) is 2.90. The molecular weight excluding hydrogens is 556 g/mol. The van der Waals surface area contributed by atoms with Gasteiger partial charge < -0.3 is 15.2 Å². The number of hydrogen-bond donors (Lipinski definition) is 2. The number of aliphatic carboxylic acids is 1. The summed E-state index contributed by atoms with van der Waals surface area (Å²) in [4.78, 5) is 31.4. The maximum atomic E-state index is 13.7. The lowest BCUT2D eigenvalue weighted by atomic mass is 10.0. The predicted octanol–water partition coefficient (Wildman–Crippen LogP) is 4.67. The van der Waals surface area contributed by atoms with Gasteiger partial charge in [0.2, 0.25) is 10.0 Å². The summed E-state index contributed by atoms with van der Waals surface area (Å²) < 4.78 is 34.2. The number of hydrogen-bond acceptors (Lipinski definition) is 7. The fraction of sp³-hybridized carbons (Fsp3) is 0.226. The first-order valence-corrected chi connectivity index (χ1v) is 14.6. The molecule has 0 unspecified atom stereocenters. The Morgan fingerprint density at radius 3 is 2.24 bits per heavy atom. The van der Waals surface area contributed by atoms with Crippen molar-refractivity contribution in [1.29, 1.82) is 0 Å². The highest BCUT2D eigenvalue weighted by Gasteiger charge is 2.27. The lowest BCUT2D eigenvalue weighted by Gasteiger charge is -2.25. The molecule has 4 rings (SSSR count). The molecule has 0 spiro atoms. The summed E-state index contributed by atoms with van der Waals surface area (Å²) >= 11 is 0. The standard InChI is InChI=1S/C31H32N4O6S/c1-31(2,41-30(38)33-20-29(36)37)18-26-10-6-11-27(34-26)22-35(42(39,40)28-12-7-17-32-19-28)21-23-13-15-25(16-14-23)24-8-4-3-5-9-24/h3-17,19H,18,20-22H2,1-2H3,(H,33,38)(H,36,37). The Bertz CT molecular complexity index is 1610. The first kappa shape index (κ1) is 30.4. The number of carbonyl (C=O) groups excluding carboxylic acids is 1. The highest BCUT2D eigenvalue weighted by Crippen LogP contribution is 2.24. The summed E-state index contributed by atoms with van der Waals surface area (Å²) in [5, 5.41) is 10.9. The van der Waals surface area contributed by atoms with Crippen LogP contribution in [-0.2, 0) is 39.1 Å². The maximum absolute atomic E-state index is 13.7. The Labute approximate surface area is 245 Å². The van der Waals surface area contributed by atoms with Gasteiger partial charge in [0.15, 0.2) is 0 Å². The van der Waals surface area contributed by atoms with Gasteiger partial charge in [0.1, 0.15) is 17.0 Å². The summed E-state index contributed by atoms with van der Waals surface area (Å²) in [5.74, 6) is -1.18. The molecule has 2 heterocycles. The first-order chi connectivity index (χ1) is 20.0. The van der Waals surface area contributed by atoms with Crippen LogP contribution in [0.15, 0.2) is 102 Å². The van der Waals surface area contributed by atoms with E-state index in [0.717, 1.165) is 16.7 Å². The van der Waals surface area contributed by atoms with Crippen LogP contribution in [0.3, 0.4) is 0 Å². The van der Waals surface area contributed by atoms with Gasteiger partial charge in [-0.3, -0.25) is 14.8 Å². The van der Waals surface area contributed by atoms with E-state index >= 15 is 0 Å². The van der Waals surface area contributed by atoms with Crippen LogP contribution in [0.1, 0.15) is 30.8 Å². The number of benzene rings is 2. The minimum Gasteiger partial charge on any atom is -0.480 e. The van der Waals surface area contributed by atoms with Gasteiger partial charge in [-0.15, -0.1) is 0 Å². The number of carboxylic acid groups (broad SMARTS) is 1. The van der Waals surface area contributed by atoms with Crippen LogP contribution in [0, 0.1) is 0 Å². The Balaban J connectivity index is 1.55. The van der Waals surface area contributed by atoms with Crippen molar-refractivity contribution in [2.45, 2.75) is 43.9 Å². The molecule has 218 valence electrons. The molecule has 0 aliphatic heterocycles. The van der Waals surface area contributed by atoms with Gasteiger partial charge in [0.25, 0.3) is 0 Å². The number of carboxylic acids is 1. The van der Waals surface area contributed by atoms with Crippen LogP contribution in [0.5, 0.6) is 0 Å². The molecule has 11 heteroatoms. The summed E-state index contributed by atoms with van der Waals surface area (Å²) in [6.07, 6.45) is 2.20. The Kier molecular flexibility index (Phi) is 9.66. The van der Waals surface area contributed by atoms with E-state index in [1.54, 1.807) is 38.1 Å². The predicted molar refractivity (Wildman–Crippen MR) is 157 cm³/mol. The van der Waals surface area contributed by atoms with Gasteiger partial charge >= 0.3 is 12.1 Å². The average molecular weight is 589 g/mol. The number of alkyl carbamates (subject to hydrolysis) is 1. The van der Waals surface area contributed by atoms with E-state index in [4.69, 9.17) is 9.84 Å². The average Bonchev–Trinajstić information content (AvgIpc) is 2.97.